The first kappa shape index (κ1) is 14.5. The summed E-state index contributed by atoms with van der Waals surface area (Å²) in [5.74, 6) is 0.594. The van der Waals surface area contributed by atoms with E-state index in [4.69, 9.17) is 0 Å². The molecule has 3 nitrogen and oxygen atoms in total. The van der Waals surface area contributed by atoms with Gasteiger partial charge < -0.3 is 10.6 Å². The maximum absolute atomic E-state index is 11.9. The maximum atomic E-state index is 11.9. The van der Waals surface area contributed by atoms with Crippen molar-refractivity contribution < 1.29 is 4.79 Å². The molecule has 1 atom stereocenters. The monoisotopic (exact) mass is 286 g/mol. The molecule has 4 heteroatoms. The Morgan fingerprint density at radius 3 is 2.20 bits per heavy atom. The number of para-hydroxylation sites is 1. The molecule has 2 N–H and O–H groups in total. The lowest BCUT2D eigenvalue weighted by Crippen LogP contribution is -2.40. The Labute approximate surface area is 124 Å². The van der Waals surface area contributed by atoms with Gasteiger partial charge in [0.15, 0.2) is 0 Å². The van der Waals surface area contributed by atoms with Gasteiger partial charge in [-0.1, -0.05) is 48.5 Å². The summed E-state index contributed by atoms with van der Waals surface area (Å²) in [5, 5.41) is 5.75. The molecule has 20 heavy (non-hydrogen) atoms. The summed E-state index contributed by atoms with van der Waals surface area (Å²) in [6.45, 7) is 0. The fraction of sp³-hybridized carbons (Fsp3) is 0.188. The Balaban J connectivity index is 1.88. The lowest BCUT2D eigenvalue weighted by Gasteiger charge is -2.17. The van der Waals surface area contributed by atoms with Gasteiger partial charge in [0, 0.05) is 17.5 Å². The van der Waals surface area contributed by atoms with E-state index in [2.05, 4.69) is 23.3 Å². The topological polar surface area (TPSA) is 41.1 Å². The molecule has 0 aliphatic heterocycles. The van der Waals surface area contributed by atoms with Crippen molar-refractivity contribution in [3.8, 4) is 0 Å². The van der Waals surface area contributed by atoms with Crippen LogP contribution in [0.1, 0.15) is 5.56 Å². The molecule has 0 aliphatic rings. The second-order valence-corrected chi connectivity index (χ2v) is 4.90. The highest BCUT2D eigenvalue weighted by Crippen LogP contribution is 2.07. The van der Waals surface area contributed by atoms with Crippen molar-refractivity contribution in [3.63, 3.8) is 0 Å². The molecule has 0 saturated heterocycles. The van der Waals surface area contributed by atoms with Crippen molar-refractivity contribution in [2.45, 2.75) is 12.5 Å². The molecule has 0 aliphatic carbocycles. The van der Waals surface area contributed by atoms with Gasteiger partial charge in [-0.05, 0) is 24.1 Å². The van der Waals surface area contributed by atoms with Crippen LogP contribution in [0.15, 0.2) is 60.7 Å². The molecular weight excluding hydrogens is 268 g/mol. The summed E-state index contributed by atoms with van der Waals surface area (Å²) in [4.78, 5) is 11.9. The fourth-order valence-corrected chi connectivity index (χ4v) is 2.15. The fourth-order valence-electron chi connectivity index (χ4n) is 1.93. The largest absolute Gasteiger partial charge is 0.334 e. The van der Waals surface area contributed by atoms with Gasteiger partial charge in [-0.25, -0.2) is 4.79 Å². The minimum absolute atomic E-state index is 0.00412. The van der Waals surface area contributed by atoms with Crippen LogP contribution in [-0.4, -0.2) is 17.8 Å². The molecular formula is C16H18N2OS. The SMILES string of the molecule is O=C(Nc1ccccc1)NC(CS)Cc1ccccc1. The van der Waals surface area contributed by atoms with Crippen LogP contribution in [0.25, 0.3) is 0 Å². The van der Waals surface area contributed by atoms with E-state index in [9.17, 15) is 4.79 Å². The number of anilines is 1. The number of rotatable bonds is 5. The number of thiol groups is 1. The standard InChI is InChI=1S/C16H18N2OS/c19-16(17-14-9-5-2-6-10-14)18-15(12-20)11-13-7-3-1-4-8-13/h1-10,15,20H,11-12H2,(H2,17,18,19). The number of hydrogen-bond donors (Lipinski definition) is 3. The van der Waals surface area contributed by atoms with E-state index in [1.807, 2.05) is 60.7 Å². The van der Waals surface area contributed by atoms with Crippen molar-refractivity contribution in [2.24, 2.45) is 0 Å². The predicted octanol–water partition coefficient (Wildman–Crippen LogP) is 3.35. The summed E-state index contributed by atoms with van der Waals surface area (Å²) >= 11 is 4.30. The minimum Gasteiger partial charge on any atom is -0.334 e. The third-order valence-corrected chi connectivity index (χ3v) is 3.35. The molecule has 0 saturated carbocycles. The number of benzene rings is 2. The van der Waals surface area contributed by atoms with Crippen LogP contribution in [0, 0.1) is 0 Å². The molecule has 2 aromatic rings. The van der Waals surface area contributed by atoms with Crippen molar-refractivity contribution in [3.05, 3.63) is 66.2 Å². The van der Waals surface area contributed by atoms with E-state index in [0.29, 0.717) is 5.75 Å². The molecule has 1 unspecified atom stereocenters. The Morgan fingerprint density at radius 2 is 1.60 bits per heavy atom. The Kier molecular flexibility index (Phi) is 5.50. The van der Waals surface area contributed by atoms with E-state index < -0.39 is 0 Å². The third kappa shape index (κ3) is 4.63. The summed E-state index contributed by atoms with van der Waals surface area (Å²) in [5.41, 5.74) is 1.97. The molecule has 2 rings (SSSR count). The van der Waals surface area contributed by atoms with E-state index in [-0.39, 0.29) is 12.1 Å². The Morgan fingerprint density at radius 1 is 1.00 bits per heavy atom. The van der Waals surface area contributed by atoms with E-state index in [1.54, 1.807) is 0 Å². The zero-order valence-corrected chi connectivity index (χ0v) is 12.0. The average molecular weight is 286 g/mol. The number of nitrogens with one attached hydrogen (secondary N) is 2. The zero-order valence-electron chi connectivity index (χ0n) is 11.1. The predicted molar refractivity (Wildman–Crippen MR) is 86.4 cm³/mol. The Bertz CT molecular complexity index is 531. The summed E-state index contributed by atoms with van der Waals surface area (Å²) < 4.78 is 0. The molecule has 0 radical (unpaired) electrons. The molecule has 0 fully saturated rings. The first-order valence-corrected chi connectivity index (χ1v) is 7.18. The first-order chi connectivity index (χ1) is 9.78. The zero-order chi connectivity index (χ0) is 14.2. The molecule has 0 spiro atoms. The average Bonchev–Trinajstić information content (AvgIpc) is 2.48. The molecule has 0 heterocycles. The number of amides is 2. The normalized spacial score (nSPS) is 11.7. The van der Waals surface area contributed by atoms with Gasteiger partial charge in [0.05, 0.1) is 0 Å². The van der Waals surface area contributed by atoms with Crippen molar-refractivity contribution in [1.82, 2.24) is 5.32 Å². The lowest BCUT2D eigenvalue weighted by molar-refractivity contribution is 0.249. The van der Waals surface area contributed by atoms with Crippen LogP contribution in [0.2, 0.25) is 0 Å². The van der Waals surface area contributed by atoms with Gasteiger partial charge in [0.25, 0.3) is 0 Å². The van der Waals surface area contributed by atoms with Crippen molar-refractivity contribution in [2.75, 3.05) is 11.1 Å². The smallest absolute Gasteiger partial charge is 0.319 e. The van der Waals surface area contributed by atoms with Crippen LogP contribution in [0.4, 0.5) is 10.5 Å². The van der Waals surface area contributed by atoms with Crippen molar-refractivity contribution >= 4 is 24.3 Å². The van der Waals surface area contributed by atoms with Crippen LogP contribution in [-0.2, 0) is 6.42 Å². The van der Waals surface area contributed by atoms with Crippen molar-refractivity contribution in [1.29, 1.82) is 0 Å². The second kappa shape index (κ2) is 7.60. The van der Waals surface area contributed by atoms with Crippen LogP contribution in [0.3, 0.4) is 0 Å². The van der Waals surface area contributed by atoms with Gasteiger partial charge in [-0.2, -0.15) is 12.6 Å². The van der Waals surface area contributed by atoms with Crippen LogP contribution < -0.4 is 10.6 Å². The summed E-state index contributed by atoms with van der Waals surface area (Å²) in [7, 11) is 0. The van der Waals surface area contributed by atoms with E-state index >= 15 is 0 Å². The molecule has 0 aromatic heterocycles. The quantitative estimate of drug-likeness (QED) is 0.725. The second-order valence-electron chi connectivity index (χ2n) is 4.53. The number of urea groups is 1. The van der Waals surface area contributed by atoms with Gasteiger partial charge in [-0.3, -0.25) is 0 Å². The maximum Gasteiger partial charge on any atom is 0.319 e. The highest BCUT2D eigenvalue weighted by Gasteiger charge is 2.11. The molecule has 2 aromatic carbocycles. The van der Waals surface area contributed by atoms with Gasteiger partial charge in [0.1, 0.15) is 0 Å². The molecule has 2 amide bonds. The molecule has 104 valence electrons. The third-order valence-electron chi connectivity index (χ3n) is 2.91. The summed E-state index contributed by atoms with van der Waals surface area (Å²) in [6.07, 6.45) is 0.770. The first-order valence-electron chi connectivity index (χ1n) is 6.55. The van der Waals surface area contributed by atoms with Gasteiger partial charge >= 0.3 is 6.03 Å². The molecule has 0 bridgehead atoms. The lowest BCUT2D eigenvalue weighted by atomic mass is 10.1. The van der Waals surface area contributed by atoms with Crippen LogP contribution >= 0.6 is 12.6 Å². The highest BCUT2D eigenvalue weighted by molar-refractivity contribution is 7.80. The van der Waals surface area contributed by atoms with E-state index in [1.165, 1.54) is 5.56 Å². The minimum atomic E-state index is -0.203. The summed E-state index contributed by atoms with van der Waals surface area (Å²) in [6, 6.07) is 19.3. The number of hydrogen-bond acceptors (Lipinski definition) is 2. The number of carbonyl (C=O) groups excluding carboxylic acids is 1. The van der Waals surface area contributed by atoms with Crippen LogP contribution in [0.5, 0.6) is 0 Å². The highest BCUT2D eigenvalue weighted by atomic mass is 32.1. The van der Waals surface area contributed by atoms with E-state index in [0.717, 1.165) is 12.1 Å². The van der Waals surface area contributed by atoms with Gasteiger partial charge in [-0.15, -0.1) is 0 Å². The number of carbonyl (C=O) groups is 1. The Hall–Kier alpha value is -1.94. The van der Waals surface area contributed by atoms with Gasteiger partial charge in [0.2, 0.25) is 0 Å².